The molecule has 1 N–H and O–H groups in total. The van der Waals surface area contributed by atoms with Crippen molar-refractivity contribution in [3.8, 4) is 0 Å². The van der Waals surface area contributed by atoms with Crippen molar-refractivity contribution >= 4 is 5.97 Å². The summed E-state index contributed by atoms with van der Waals surface area (Å²) in [5.41, 5.74) is 4.45. The van der Waals surface area contributed by atoms with Gasteiger partial charge in [0.25, 0.3) is 0 Å². The zero-order chi connectivity index (χ0) is 15.2. The largest absolute Gasteiger partial charge is 0.481 e. The van der Waals surface area contributed by atoms with Crippen LogP contribution in [0.2, 0.25) is 0 Å². The minimum Gasteiger partial charge on any atom is -0.481 e. The lowest BCUT2D eigenvalue weighted by Crippen LogP contribution is -2.14. The van der Waals surface area contributed by atoms with Crippen LogP contribution >= 0.6 is 0 Å². The van der Waals surface area contributed by atoms with E-state index >= 15 is 0 Å². The number of aryl methyl sites for hydroxylation is 2. The monoisotopic (exact) mass is 282 g/mol. The summed E-state index contributed by atoms with van der Waals surface area (Å²) in [7, 11) is 0. The Morgan fingerprint density at radius 3 is 1.71 bits per heavy atom. The van der Waals surface area contributed by atoms with Gasteiger partial charge in [-0.2, -0.15) is 0 Å². The van der Waals surface area contributed by atoms with Gasteiger partial charge in [-0.3, -0.25) is 4.79 Å². The van der Waals surface area contributed by atoms with Gasteiger partial charge in [0.15, 0.2) is 0 Å². The van der Waals surface area contributed by atoms with E-state index in [1.165, 1.54) is 11.1 Å². The second kappa shape index (κ2) is 7.07. The highest BCUT2D eigenvalue weighted by Crippen LogP contribution is 2.22. The highest BCUT2D eigenvalue weighted by atomic mass is 16.4. The number of rotatable bonds is 6. The summed E-state index contributed by atoms with van der Waals surface area (Å²) in [6.45, 7) is 4.21. The molecule has 0 aliphatic rings. The van der Waals surface area contributed by atoms with E-state index in [0.717, 1.165) is 24.0 Å². The highest BCUT2D eigenvalue weighted by Gasteiger charge is 2.20. The predicted molar refractivity (Wildman–Crippen MR) is 85.7 cm³/mol. The van der Waals surface area contributed by atoms with Crippen LogP contribution in [0.4, 0.5) is 0 Å². The lowest BCUT2D eigenvalue weighted by molar-refractivity contribution is -0.138. The number of aliphatic carboxylic acids is 1. The summed E-state index contributed by atoms with van der Waals surface area (Å²) in [6.07, 6.45) is 2.50. The van der Waals surface area contributed by atoms with E-state index in [4.69, 9.17) is 0 Å². The number of carbonyl (C=O) groups is 1. The molecule has 0 bridgehead atoms. The predicted octanol–water partition coefficient (Wildman–Crippen LogP) is 4.22. The van der Waals surface area contributed by atoms with Gasteiger partial charge in [-0.15, -0.1) is 0 Å². The molecule has 2 aromatic rings. The molecular formula is C19H22O2. The van der Waals surface area contributed by atoms with Crippen molar-refractivity contribution in [1.29, 1.82) is 0 Å². The van der Waals surface area contributed by atoms with Crippen LogP contribution in [-0.2, 0) is 24.1 Å². The molecule has 0 radical (unpaired) electrons. The van der Waals surface area contributed by atoms with Crippen LogP contribution in [0.25, 0.3) is 0 Å². The van der Waals surface area contributed by atoms with Crippen LogP contribution in [0.5, 0.6) is 0 Å². The standard InChI is InChI=1S/C19H22O2/c1-3-14-5-7-16(8-6-14)13-18(19(20)21)17-11-9-15(4-2)10-12-17/h5-12,18H,3-4,13H2,1-2H3,(H,20,21). The minimum absolute atomic E-state index is 0.483. The van der Waals surface area contributed by atoms with E-state index in [9.17, 15) is 9.90 Å². The molecule has 0 heterocycles. The second-order valence-electron chi connectivity index (χ2n) is 5.36. The molecule has 0 spiro atoms. The first-order chi connectivity index (χ1) is 10.1. The molecule has 0 aromatic heterocycles. The van der Waals surface area contributed by atoms with Crippen molar-refractivity contribution in [2.24, 2.45) is 0 Å². The van der Waals surface area contributed by atoms with Crippen LogP contribution in [0.3, 0.4) is 0 Å². The molecule has 1 unspecified atom stereocenters. The maximum Gasteiger partial charge on any atom is 0.311 e. The van der Waals surface area contributed by atoms with Gasteiger partial charge in [0.2, 0.25) is 0 Å². The number of carboxylic acids is 1. The number of hydrogen-bond acceptors (Lipinski definition) is 1. The van der Waals surface area contributed by atoms with E-state index in [1.54, 1.807) is 0 Å². The topological polar surface area (TPSA) is 37.3 Å². The van der Waals surface area contributed by atoms with Crippen LogP contribution in [-0.4, -0.2) is 11.1 Å². The Morgan fingerprint density at radius 1 is 0.857 bits per heavy atom. The Morgan fingerprint density at radius 2 is 1.29 bits per heavy atom. The first kappa shape index (κ1) is 15.3. The summed E-state index contributed by atoms with van der Waals surface area (Å²) < 4.78 is 0. The van der Waals surface area contributed by atoms with E-state index in [2.05, 4.69) is 26.0 Å². The van der Waals surface area contributed by atoms with E-state index < -0.39 is 11.9 Å². The lowest BCUT2D eigenvalue weighted by Gasteiger charge is -2.14. The summed E-state index contributed by atoms with van der Waals surface area (Å²) in [6, 6.07) is 16.2. The molecule has 21 heavy (non-hydrogen) atoms. The molecule has 0 aliphatic heterocycles. The summed E-state index contributed by atoms with van der Waals surface area (Å²) >= 11 is 0. The summed E-state index contributed by atoms with van der Waals surface area (Å²) in [5, 5.41) is 9.52. The number of carboxylic acid groups (broad SMARTS) is 1. The average Bonchev–Trinajstić information content (AvgIpc) is 2.53. The van der Waals surface area contributed by atoms with Gasteiger partial charge in [0, 0.05) is 0 Å². The molecular weight excluding hydrogens is 260 g/mol. The Bertz CT molecular complexity index is 582. The second-order valence-corrected chi connectivity index (χ2v) is 5.36. The Kier molecular flexibility index (Phi) is 5.15. The van der Waals surface area contributed by atoms with Gasteiger partial charge in [0.1, 0.15) is 0 Å². The lowest BCUT2D eigenvalue weighted by atomic mass is 9.91. The smallest absolute Gasteiger partial charge is 0.311 e. The van der Waals surface area contributed by atoms with Crippen molar-refractivity contribution in [1.82, 2.24) is 0 Å². The Hall–Kier alpha value is -2.09. The van der Waals surface area contributed by atoms with Crippen LogP contribution in [0, 0.1) is 0 Å². The molecule has 1 atom stereocenters. The van der Waals surface area contributed by atoms with Crippen molar-refractivity contribution in [3.05, 3.63) is 70.8 Å². The fourth-order valence-electron chi connectivity index (χ4n) is 2.48. The molecule has 2 rings (SSSR count). The Balaban J connectivity index is 2.19. The SMILES string of the molecule is CCc1ccc(CC(C(=O)O)c2ccc(CC)cc2)cc1. The normalized spacial score (nSPS) is 12.1. The van der Waals surface area contributed by atoms with Crippen LogP contribution in [0.1, 0.15) is 42.0 Å². The minimum atomic E-state index is -0.765. The fraction of sp³-hybridized carbons (Fsp3) is 0.316. The molecule has 110 valence electrons. The number of benzene rings is 2. The Labute approximate surface area is 126 Å². The van der Waals surface area contributed by atoms with Crippen molar-refractivity contribution in [2.75, 3.05) is 0 Å². The number of hydrogen-bond donors (Lipinski definition) is 1. The zero-order valence-electron chi connectivity index (χ0n) is 12.7. The molecule has 0 amide bonds. The van der Waals surface area contributed by atoms with Gasteiger partial charge < -0.3 is 5.11 Å². The molecule has 0 aliphatic carbocycles. The quantitative estimate of drug-likeness (QED) is 0.861. The van der Waals surface area contributed by atoms with Crippen LogP contribution in [0.15, 0.2) is 48.5 Å². The highest BCUT2D eigenvalue weighted by molar-refractivity contribution is 5.76. The molecule has 2 aromatic carbocycles. The third-order valence-electron chi connectivity index (χ3n) is 3.96. The van der Waals surface area contributed by atoms with Crippen molar-refractivity contribution in [2.45, 2.75) is 39.0 Å². The first-order valence-electron chi connectivity index (χ1n) is 7.53. The molecule has 0 saturated heterocycles. The summed E-state index contributed by atoms with van der Waals surface area (Å²) in [4.78, 5) is 11.6. The van der Waals surface area contributed by atoms with Crippen LogP contribution < -0.4 is 0 Å². The molecule has 2 heteroatoms. The third kappa shape index (κ3) is 3.94. The zero-order valence-corrected chi connectivity index (χ0v) is 12.7. The molecule has 0 fully saturated rings. The first-order valence-corrected chi connectivity index (χ1v) is 7.53. The molecule has 0 saturated carbocycles. The van der Waals surface area contributed by atoms with Gasteiger partial charge in [0.05, 0.1) is 5.92 Å². The maximum atomic E-state index is 11.6. The maximum absolute atomic E-state index is 11.6. The third-order valence-corrected chi connectivity index (χ3v) is 3.96. The van der Waals surface area contributed by atoms with Gasteiger partial charge in [-0.1, -0.05) is 62.4 Å². The van der Waals surface area contributed by atoms with Gasteiger partial charge in [-0.25, -0.2) is 0 Å². The van der Waals surface area contributed by atoms with Crippen molar-refractivity contribution < 1.29 is 9.90 Å². The van der Waals surface area contributed by atoms with E-state index in [-0.39, 0.29) is 0 Å². The van der Waals surface area contributed by atoms with Gasteiger partial charge in [-0.05, 0) is 41.5 Å². The average molecular weight is 282 g/mol. The molecule has 2 nitrogen and oxygen atoms in total. The van der Waals surface area contributed by atoms with Crippen molar-refractivity contribution in [3.63, 3.8) is 0 Å². The van der Waals surface area contributed by atoms with Gasteiger partial charge >= 0.3 is 5.97 Å². The van der Waals surface area contributed by atoms with E-state index in [1.807, 2.05) is 36.4 Å². The van der Waals surface area contributed by atoms with E-state index in [0.29, 0.717) is 6.42 Å². The summed E-state index contributed by atoms with van der Waals surface area (Å²) in [5.74, 6) is -1.25. The fourth-order valence-corrected chi connectivity index (χ4v) is 2.48.